The Morgan fingerprint density at radius 2 is 1.92 bits per heavy atom. The predicted molar refractivity (Wildman–Crippen MR) is 92.3 cm³/mol. The van der Waals surface area contributed by atoms with Gasteiger partial charge in [-0.05, 0) is 44.0 Å². The van der Waals surface area contributed by atoms with Gasteiger partial charge in [0, 0.05) is 11.7 Å². The van der Waals surface area contributed by atoms with Crippen LogP contribution in [0.2, 0.25) is 0 Å². The summed E-state index contributed by atoms with van der Waals surface area (Å²) < 4.78 is 18.2. The second kappa shape index (κ2) is 7.68. The van der Waals surface area contributed by atoms with Gasteiger partial charge in [0.25, 0.3) is 5.91 Å². The number of esters is 1. The summed E-state index contributed by atoms with van der Waals surface area (Å²) >= 11 is 0. The summed E-state index contributed by atoms with van der Waals surface area (Å²) in [7, 11) is 0. The number of nitrogens with one attached hydrogen (secondary N) is 1. The highest BCUT2D eigenvalue weighted by atomic mass is 19.1. The Labute approximate surface area is 146 Å². The second-order valence-electron chi connectivity index (χ2n) is 6.43. The Kier molecular flexibility index (Phi) is 5.36. The maximum Gasteiger partial charge on any atom is 0.338 e. The maximum atomic E-state index is 13.1. The van der Waals surface area contributed by atoms with E-state index in [0.29, 0.717) is 11.3 Å². The third kappa shape index (κ3) is 3.83. The molecule has 5 nitrogen and oxygen atoms in total. The molecule has 25 heavy (non-hydrogen) atoms. The van der Waals surface area contributed by atoms with E-state index in [9.17, 15) is 14.0 Å². The number of carbonyl (C=O) groups is 2. The van der Waals surface area contributed by atoms with Crippen molar-refractivity contribution < 1.29 is 18.7 Å². The second-order valence-corrected chi connectivity index (χ2v) is 6.43. The average Bonchev–Trinajstić information content (AvgIpc) is 2.95. The van der Waals surface area contributed by atoms with Crippen LogP contribution in [0.3, 0.4) is 0 Å². The van der Waals surface area contributed by atoms with Crippen LogP contribution in [0.1, 0.15) is 39.0 Å². The molecule has 1 fully saturated rings. The summed E-state index contributed by atoms with van der Waals surface area (Å²) in [6.07, 6.45) is 5.32. The lowest BCUT2D eigenvalue weighted by atomic mass is 9.94. The Balaban J connectivity index is 1.84. The number of halogens is 1. The van der Waals surface area contributed by atoms with E-state index in [1.807, 2.05) is 0 Å². The van der Waals surface area contributed by atoms with Crippen molar-refractivity contribution in [1.82, 2.24) is 4.90 Å². The summed E-state index contributed by atoms with van der Waals surface area (Å²) in [5.41, 5.74) is 1.16. The first-order valence-corrected chi connectivity index (χ1v) is 8.84. The van der Waals surface area contributed by atoms with Crippen LogP contribution in [0, 0.1) is 5.82 Å². The summed E-state index contributed by atoms with van der Waals surface area (Å²) in [5.74, 6) is -1.01. The van der Waals surface area contributed by atoms with Crippen molar-refractivity contribution in [2.24, 2.45) is 0 Å². The Bertz CT molecular complexity index is 678. The van der Waals surface area contributed by atoms with E-state index in [4.69, 9.17) is 4.74 Å². The number of hydrogen-bond acceptors (Lipinski definition) is 4. The molecule has 0 saturated heterocycles. The molecule has 0 unspecified atom stereocenters. The monoisotopic (exact) mass is 346 g/mol. The van der Waals surface area contributed by atoms with Crippen molar-refractivity contribution in [3.8, 4) is 0 Å². The number of ether oxygens (including phenoxy) is 1. The molecular weight excluding hydrogens is 323 g/mol. The third-order valence-electron chi connectivity index (χ3n) is 4.76. The Hall–Kier alpha value is -2.37. The molecule has 134 valence electrons. The van der Waals surface area contributed by atoms with Gasteiger partial charge in [0.05, 0.1) is 18.7 Å². The number of amides is 1. The minimum atomic E-state index is -0.473. The standard InChI is InChI=1S/C19H23FN2O3/c1-2-25-19(24)16-12-22(15-6-4-3-5-7-15)18(23)17(16)21-14-10-8-13(20)9-11-14/h8-11,15,21H,2-7,12H2,1H3. The van der Waals surface area contributed by atoms with Gasteiger partial charge in [0.15, 0.2) is 0 Å². The number of benzene rings is 1. The van der Waals surface area contributed by atoms with Gasteiger partial charge in [-0.1, -0.05) is 19.3 Å². The van der Waals surface area contributed by atoms with Crippen LogP contribution in [0.25, 0.3) is 0 Å². The van der Waals surface area contributed by atoms with Crippen LogP contribution >= 0.6 is 0 Å². The van der Waals surface area contributed by atoms with Gasteiger partial charge in [-0.25, -0.2) is 9.18 Å². The lowest BCUT2D eigenvalue weighted by molar-refractivity contribution is -0.138. The normalized spacial score (nSPS) is 18.6. The van der Waals surface area contributed by atoms with Crippen molar-refractivity contribution in [2.75, 3.05) is 18.5 Å². The van der Waals surface area contributed by atoms with Gasteiger partial charge in [0.2, 0.25) is 0 Å². The number of nitrogens with zero attached hydrogens (tertiary/aromatic N) is 1. The number of carbonyl (C=O) groups excluding carboxylic acids is 2. The third-order valence-corrected chi connectivity index (χ3v) is 4.76. The molecule has 0 spiro atoms. The maximum absolute atomic E-state index is 13.1. The molecule has 0 radical (unpaired) electrons. The predicted octanol–water partition coefficient (Wildman–Crippen LogP) is 3.23. The average molecular weight is 346 g/mol. The highest BCUT2D eigenvalue weighted by molar-refractivity contribution is 6.08. The Morgan fingerprint density at radius 1 is 1.24 bits per heavy atom. The molecule has 0 bridgehead atoms. The first-order valence-electron chi connectivity index (χ1n) is 8.84. The van der Waals surface area contributed by atoms with Crippen molar-refractivity contribution in [2.45, 2.75) is 45.1 Å². The number of rotatable bonds is 5. The fourth-order valence-electron chi connectivity index (χ4n) is 3.47. The molecule has 1 aliphatic carbocycles. The van der Waals surface area contributed by atoms with E-state index < -0.39 is 5.97 Å². The minimum Gasteiger partial charge on any atom is -0.463 e. The van der Waals surface area contributed by atoms with Gasteiger partial charge >= 0.3 is 5.97 Å². The first kappa shape index (κ1) is 17.5. The van der Waals surface area contributed by atoms with Gasteiger partial charge in [-0.15, -0.1) is 0 Å². The van der Waals surface area contributed by atoms with Gasteiger partial charge in [-0.2, -0.15) is 0 Å². The van der Waals surface area contributed by atoms with E-state index in [2.05, 4.69) is 5.32 Å². The SMILES string of the molecule is CCOC(=O)C1=C(Nc2ccc(F)cc2)C(=O)N(C2CCCCC2)C1. The van der Waals surface area contributed by atoms with Crippen LogP contribution < -0.4 is 5.32 Å². The van der Waals surface area contributed by atoms with E-state index in [-0.39, 0.29) is 36.6 Å². The topological polar surface area (TPSA) is 58.6 Å². The molecule has 1 saturated carbocycles. The van der Waals surface area contributed by atoms with Crippen LogP contribution in [0.15, 0.2) is 35.5 Å². The zero-order valence-electron chi connectivity index (χ0n) is 14.4. The molecule has 1 aromatic rings. The van der Waals surface area contributed by atoms with Gasteiger partial charge in [0.1, 0.15) is 11.5 Å². The molecule has 0 aromatic heterocycles. The molecule has 3 rings (SSSR count). The van der Waals surface area contributed by atoms with Crippen LogP contribution in [0.4, 0.5) is 10.1 Å². The van der Waals surface area contributed by atoms with Crippen LogP contribution in [0.5, 0.6) is 0 Å². The van der Waals surface area contributed by atoms with E-state index >= 15 is 0 Å². The summed E-state index contributed by atoms with van der Waals surface area (Å²) in [5, 5.41) is 3.00. The smallest absolute Gasteiger partial charge is 0.338 e. The molecule has 6 heteroatoms. The molecule has 1 aliphatic heterocycles. The number of hydrogen-bond donors (Lipinski definition) is 1. The van der Waals surface area contributed by atoms with E-state index in [1.165, 1.54) is 18.6 Å². The number of anilines is 1. The van der Waals surface area contributed by atoms with Crippen molar-refractivity contribution in [3.63, 3.8) is 0 Å². The quantitative estimate of drug-likeness (QED) is 0.832. The summed E-state index contributed by atoms with van der Waals surface area (Å²) in [6, 6.07) is 5.87. The van der Waals surface area contributed by atoms with E-state index in [1.54, 1.807) is 24.0 Å². The molecule has 1 amide bonds. The highest BCUT2D eigenvalue weighted by Gasteiger charge is 2.38. The van der Waals surface area contributed by atoms with Gasteiger partial charge < -0.3 is 15.0 Å². The summed E-state index contributed by atoms with van der Waals surface area (Å²) in [6.45, 7) is 2.26. The molecular formula is C19H23FN2O3. The molecule has 2 aliphatic rings. The lowest BCUT2D eigenvalue weighted by Crippen LogP contribution is -2.39. The fourth-order valence-corrected chi connectivity index (χ4v) is 3.47. The van der Waals surface area contributed by atoms with Crippen LogP contribution in [-0.2, 0) is 14.3 Å². The molecule has 0 atom stereocenters. The zero-order chi connectivity index (χ0) is 17.8. The molecule has 1 N–H and O–H groups in total. The largest absolute Gasteiger partial charge is 0.463 e. The first-order chi connectivity index (χ1) is 12.1. The Morgan fingerprint density at radius 3 is 2.56 bits per heavy atom. The lowest BCUT2D eigenvalue weighted by Gasteiger charge is -2.31. The fraction of sp³-hybridized carbons (Fsp3) is 0.474. The molecule has 1 aromatic carbocycles. The van der Waals surface area contributed by atoms with Crippen LogP contribution in [-0.4, -0.2) is 36.0 Å². The zero-order valence-corrected chi connectivity index (χ0v) is 14.4. The van der Waals surface area contributed by atoms with Crippen molar-refractivity contribution >= 4 is 17.6 Å². The van der Waals surface area contributed by atoms with Crippen molar-refractivity contribution in [1.29, 1.82) is 0 Å². The van der Waals surface area contributed by atoms with E-state index in [0.717, 1.165) is 25.7 Å². The van der Waals surface area contributed by atoms with Crippen molar-refractivity contribution in [3.05, 3.63) is 41.4 Å². The van der Waals surface area contributed by atoms with Gasteiger partial charge in [-0.3, -0.25) is 4.79 Å². The highest BCUT2D eigenvalue weighted by Crippen LogP contribution is 2.30. The minimum absolute atomic E-state index is 0.165. The molecule has 1 heterocycles. The summed E-state index contributed by atoms with van der Waals surface area (Å²) in [4.78, 5) is 27.0.